The second kappa shape index (κ2) is 6.14. The summed E-state index contributed by atoms with van der Waals surface area (Å²) in [5.74, 6) is -0.128. The molecular weight excluding hydrogens is 238 g/mol. The molecule has 17 heavy (non-hydrogen) atoms. The molecule has 2 N–H and O–H groups in total. The summed E-state index contributed by atoms with van der Waals surface area (Å²) >= 11 is 0. The molecule has 0 aliphatic rings. The molecule has 0 aromatic heterocycles. The van der Waals surface area contributed by atoms with E-state index in [1.165, 1.54) is 0 Å². The molecule has 4 nitrogen and oxygen atoms in total. The quantitative estimate of drug-likeness (QED) is 0.802. The fourth-order valence-electron chi connectivity index (χ4n) is 1.39. The first-order chi connectivity index (χ1) is 7.94. The highest BCUT2D eigenvalue weighted by Gasteiger charge is 2.19. The van der Waals surface area contributed by atoms with Gasteiger partial charge in [0.15, 0.2) is 0 Å². The molecule has 0 radical (unpaired) electrons. The number of benzene rings is 1. The van der Waals surface area contributed by atoms with Crippen molar-refractivity contribution in [2.75, 3.05) is 6.61 Å². The number of hydrogen-bond donors (Lipinski definition) is 2. The molecule has 1 rings (SSSR count). The summed E-state index contributed by atoms with van der Waals surface area (Å²) in [6.07, 6.45) is 0. The Balaban J connectivity index is 2.64. The molecule has 0 aliphatic heterocycles. The molecule has 1 aromatic carbocycles. The van der Waals surface area contributed by atoms with Crippen LogP contribution >= 0.6 is 0 Å². The first kappa shape index (κ1) is 14.2. The number of nitrogens with one attached hydrogen (secondary N) is 1. The van der Waals surface area contributed by atoms with Crippen LogP contribution in [0.15, 0.2) is 30.3 Å². The third-order valence-electron chi connectivity index (χ3n) is 2.71. The van der Waals surface area contributed by atoms with Gasteiger partial charge >= 0.3 is 0 Å². The fourth-order valence-corrected chi connectivity index (χ4v) is 2.91. The van der Waals surface area contributed by atoms with E-state index in [1.807, 2.05) is 18.2 Å². The highest BCUT2D eigenvalue weighted by molar-refractivity contribution is 7.88. The lowest BCUT2D eigenvalue weighted by atomic mass is 10.1. The van der Waals surface area contributed by atoms with E-state index >= 15 is 0 Å². The Kier molecular flexibility index (Phi) is 5.11. The second-order valence-electron chi connectivity index (χ2n) is 4.31. The molecule has 0 bridgehead atoms. The van der Waals surface area contributed by atoms with Crippen LogP contribution in [-0.4, -0.2) is 26.2 Å². The molecule has 2 atom stereocenters. The van der Waals surface area contributed by atoms with Crippen LogP contribution in [-0.2, 0) is 15.8 Å². The van der Waals surface area contributed by atoms with Crippen molar-refractivity contribution < 1.29 is 13.5 Å². The van der Waals surface area contributed by atoms with Crippen LogP contribution in [0, 0.1) is 5.92 Å². The van der Waals surface area contributed by atoms with Crippen LogP contribution in [0.3, 0.4) is 0 Å². The summed E-state index contributed by atoms with van der Waals surface area (Å²) < 4.78 is 26.2. The average molecular weight is 257 g/mol. The minimum atomic E-state index is -3.35. The maximum absolute atomic E-state index is 11.8. The standard InChI is InChI=1S/C12H19NO3S/c1-10(8-14)11(2)13-17(15,16)9-12-6-4-3-5-7-12/h3-7,10-11,13-14H,8-9H2,1-2H3/t10-,11+/m1/s1. The summed E-state index contributed by atoms with van der Waals surface area (Å²) in [7, 11) is -3.35. The van der Waals surface area contributed by atoms with Gasteiger partial charge in [-0.1, -0.05) is 37.3 Å². The van der Waals surface area contributed by atoms with E-state index in [4.69, 9.17) is 5.11 Å². The molecule has 0 heterocycles. The topological polar surface area (TPSA) is 66.4 Å². The molecular formula is C12H19NO3S. The van der Waals surface area contributed by atoms with Crippen molar-refractivity contribution in [3.05, 3.63) is 35.9 Å². The number of aliphatic hydroxyl groups excluding tert-OH is 1. The van der Waals surface area contributed by atoms with E-state index in [0.29, 0.717) is 0 Å². The highest BCUT2D eigenvalue weighted by atomic mass is 32.2. The van der Waals surface area contributed by atoms with Crippen molar-refractivity contribution in [1.29, 1.82) is 0 Å². The summed E-state index contributed by atoms with van der Waals surface area (Å²) in [5.41, 5.74) is 0.754. The van der Waals surface area contributed by atoms with Gasteiger partial charge in [0.25, 0.3) is 0 Å². The number of aliphatic hydroxyl groups is 1. The average Bonchev–Trinajstić information content (AvgIpc) is 2.27. The minimum absolute atomic E-state index is 0.0314. The monoisotopic (exact) mass is 257 g/mol. The van der Waals surface area contributed by atoms with E-state index in [2.05, 4.69) is 4.72 Å². The lowest BCUT2D eigenvalue weighted by Crippen LogP contribution is -2.38. The summed E-state index contributed by atoms with van der Waals surface area (Å²) in [6, 6.07) is 8.75. The fraction of sp³-hybridized carbons (Fsp3) is 0.500. The maximum atomic E-state index is 11.8. The minimum Gasteiger partial charge on any atom is -0.396 e. The first-order valence-electron chi connectivity index (χ1n) is 5.59. The summed E-state index contributed by atoms with van der Waals surface area (Å²) in [6.45, 7) is 3.52. The van der Waals surface area contributed by atoms with E-state index < -0.39 is 10.0 Å². The van der Waals surface area contributed by atoms with Gasteiger partial charge in [-0.05, 0) is 18.4 Å². The Morgan fingerprint density at radius 1 is 1.24 bits per heavy atom. The van der Waals surface area contributed by atoms with Crippen molar-refractivity contribution in [3.8, 4) is 0 Å². The predicted octanol–water partition coefficient (Wildman–Crippen LogP) is 1.12. The van der Waals surface area contributed by atoms with Gasteiger partial charge in [0.2, 0.25) is 10.0 Å². The van der Waals surface area contributed by atoms with Gasteiger partial charge in [-0.2, -0.15) is 0 Å². The van der Waals surface area contributed by atoms with Crippen LogP contribution in [0.2, 0.25) is 0 Å². The van der Waals surface area contributed by atoms with Crippen molar-refractivity contribution in [2.24, 2.45) is 5.92 Å². The zero-order valence-electron chi connectivity index (χ0n) is 10.1. The summed E-state index contributed by atoms with van der Waals surface area (Å²) in [4.78, 5) is 0. The molecule has 5 heteroatoms. The first-order valence-corrected chi connectivity index (χ1v) is 7.24. The van der Waals surface area contributed by atoms with Gasteiger partial charge < -0.3 is 5.11 Å². The van der Waals surface area contributed by atoms with Crippen LogP contribution in [0.5, 0.6) is 0 Å². The Bertz CT molecular complexity index is 430. The van der Waals surface area contributed by atoms with Crippen molar-refractivity contribution >= 4 is 10.0 Å². The van der Waals surface area contributed by atoms with Crippen LogP contribution < -0.4 is 4.72 Å². The van der Waals surface area contributed by atoms with Crippen LogP contribution in [0.1, 0.15) is 19.4 Å². The van der Waals surface area contributed by atoms with E-state index in [1.54, 1.807) is 26.0 Å². The van der Waals surface area contributed by atoms with Crippen molar-refractivity contribution in [1.82, 2.24) is 4.72 Å². The lowest BCUT2D eigenvalue weighted by Gasteiger charge is -2.19. The van der Waals surface area contributed by atoms with Crippen molar-refractivity contribution in [2.45, 2.75) is 25.6 Å². The zero-order valence-corrected chi connectivity index (χ0v) is 10.9. The molecule has 0 amide bonds. The highest BCUT2D eigenvalue weighted by Crippen LogP contribution is 2.07. The number of rotatable bonds is 6. The summed E-state index contributed by atoms with van der Waals surface area (Å²) in [5, 5.41) is 8.96. The second-order valence-corrected chi connectivity index (χ2v) is 6.06. The predicted molar refractivity (Wildman–Crippen MR) is 67.9 cm³/mol. The zero-order chi connectivity index (χ0) is 12.9. The Labute approximate surface area is 103 Å². The largest absolute Gasteiger partial charge is 0.396 e. The van der Waals surface area contributed by atoms with Crippen LogP contribution in [0.25, 0.3) is 0 Å². The smallest absolute Gasteiger partial charge is 0.216 e. The van der Waals surface area contributed by atoms with E-state index in [0.717, 1.165) is 5.56 Å². The Hall–Kier alpha value is -0.910. The third kappa shape index (κ3) is 4.85. The van der Waals surface area contributed by atoms with Gasteiger partial charge in [-0.15, -0.1) is 0 Å². The van der Waals surface area contributed by atoms with Gasteiger partial charge in [0.05, 0.1) is 5.75 Å². The molecule has 1 aromatic rings. The molecule has 0 saturated heterocycles. The van der Waals surface area contributed by atoms with E-state index in [-0.39, 0.29) is 24.3 Å². The number of sulfonamides is 1. The normalized spacial score (nSPS) is 15.5. The third-order valence-corrected chi connectivity index (χ3v) is 4.15. The molecule has 96 valence electrons. The Morgan fingerprint density at radius 2 is 1.82 bits per heavy atom. The SMILES string of the molecule is C[C@H](CO)[C@H](C)NS(=O)(=O)Cc1ccccc1. The van der Waals surface area contributed by atoms with Crippen molar-refractivity contribution in [3.63, 3.8) is 0 Å². The number of hydrogen-bond acceptors (Lipinski definition) is 3. The van der Waals surface area contributed by atoms with Gasteiger partial charge in [0.1, 0.15) is 0 Å². The lowest BCUT2D eigenvalue weighted by molar-refractivity contribution is 0.216. The van der Waals surface area contributed by atoms with Gasteiger partial charge in [-0.25, -0.2) is 13.1 Å². The van der Waals surface area contributed by atoms with Gasteiger partial charge in [0, 0.05) is 12.6 Å². The molecule has 0 saturated carbocycles. The van der Waals surface area contributed by atoms with E-state index in [9.17, 15) is 8.42 Å². The molecule has 0 aliphatic carbocycles. The van der Waals surface area contributed by atoms with Crippen LogP contribution in [0.4, 0.5) is 0 Å². The Morgan fingerprint density at radius 3 is 2.35 bits per heavy atom. The van der Waals surface area contributed by atoms with Gasteiger partial charge in [-0.3, -0.25) is 0 Å². The molecule has 0 fully saturated rings. The maximum Gasteiger partial charge on any atom is 0.216 e. The molecule has 0 spiro atoms. The molecule has 0 unspecified atom stereocenters.